The first kappa shape index (κ1) is 15.2. The van der Waals surface area contributed by atoms with Gasteiger partial charge in [0, 0.05) is 19.6 Å². The minimum absolute atomic E-state index is 0.0750. The number of hydrogen-bond acceptors (Lipinski definition) is 3. The average Bonchev–Trinajstić information content (AvgIpc) is 2.49. The second kappa shape index (κ2) is 7.02. The van der Waals surface area contributed by atoms with E-state index in [0.717, 1.165) is 30.4 Å². The van der Waals surface area contributed by atoms with E-state index in [1.807, 2.05) is 30.3 Å². The Bertz CT molecular complexity index is 544. The number of sulfonamides is 1. The SMILES string of the molecule is NCc1ccc(C=CCS(=O)(=O)N2CCCCC2)cc1. The standard InChI is InChI=1S/C15H22N2O2S/c16-13-15-8-6-14(7-9-15)5-4-12-20(18,19)17-10-2-1-3-11-17/h4-9H,1-3,10-13,16H2. The molecule has 0 spiro atoms. The van der Waals surface area contributed by atoms with Crippen LogP contribution in [0, 0.1) is 0 Å². The van der Waals surface area contributed by atoms with Crippen molar-refractivity contribution in [1.82, 2.24) is 4.31 Å². The average molecular weight is 294 g/mol. The monoisotopic (exact) mass is 294 g/mol. The number of nitrogens with zero attached hydrogens (tertiary/aromatic N) is 1. The van der Waals surface area contributed by atoms with Crippen LogP contribution in [0.2, 0.25) is 0 Å². The predicted octanol–water partition coefficient (Wildman–Crippen LogP) is 1.97. The van der Waals surface area contributed by atoms with Gasteiger partial charge in [-0.25, -0.2) is 12.7 Å². The highest BCUT2D eigenvalue weighted by atomic mass is 32.2. The number of benzene rings is 1. The van der Waals surface area contributed by atoms with E-state index < -0.39 is 10.0 Å². The number of hydrogen-bond donors (Lipinski definition) is 1. The van der Waals surface area contributed by atoms with E-state index >= 15 is 0 Å². The molecule has 0 atom stereocenters. The zero-order chi connectivity index (χ0) is 14.4. The summed E-state index contributed by atoms with van der Waals surface area (Å²) in [5.41, 5.74) is 7.61. The molecule has 1 aliphatic rings. The maximum atomic E-state index is 12.1. The van der Waals surface area contributed by atoms with Gasteiger partial charge in [-0.05, 0) is 24.0 Å². The molecule has 1 heterocycles. The molecule has 2 rings (SSSR count). The van der Waals surface area contributed by atoms with Crippen LogP contribution >= 0.6 is 0 Å². The lowest BCUT2D eigenvalue weighted by atomic mass is 10.1. The van der Waals surface area contributed by atoms with Gasteiger partial charge in [0.05, 0.1) is 5.75 Å². The molecular weight excluding hydrogens is 272 g/mol. The summed E-state index contributed by atoms with van der Waals surface area (Å²) < 4.78 is 25.9. The molecule has 4 nitrogen and oxygen atoms in total. The van der Waals surface area contributed by atoms with Gasteiger partial charge in [0.25, 0.3) is 0 Å². The zero-order valence-corrected chi connectivity index (χ0v) is 12.5. The summed E-state index contributed by atoms with van der Waals surface area (Å²) in [6.45, 7) is 1.86. The van der Waals surface area contributed by atoms with Crippen LogP contribution in [0.1, 0.15) is 30.4 Å². The van der Waals surface area contributed by atoms with Gasteiger partial charge in [0.1, 0.15) is 0 Å². The summed E-state index contributed by atoms with van der Waals surface area (Å²) in [6, 6.07) is 7.82. The molecule has 0 aliphatic carbocycles. The van der Waals surface area contributed by atoms with Crippen molar-refractivity contribution in [1.29, 1.82) is 0 Å². The second-order valence-corrected chi connectivity index (χ2v) is 7.10. The first-order valence-electron chi connectivity index (χ1n) is 7.05. The molecule has 1 aliphatic heterocycles. The third kappa shape index (κ3) is 4.16. The van der Waals surface area contributed by atoms with Crippen LogP contribution in [0.25, 0.3) is 6.08 Å². The molecule has 1 fully saturated rings. The van der Waals surface area contributed by atoms with Gasteiger partial charge in [0.2, 0.25) is 10.0 Å². The van der Waals surface area contributed by atoms with Crippen LogP contribution in [0.3, 0.4) is 0 Å². The number of nitrogens with two attached hydrogens (primary N) is 1. The molecule has 5 heteroatoms. The topological polar surface area (TPSA) is 63.4 Å². The van der Waals surface area contributed by atoms with E-state index in [1.165, 1.54) is 0 Å². The second-order valence-electron chi connectivity index (χ2n) is 5.09. The van der Waals surface area contributed by atoms with Crippen molar-refractivity contribution in [2.24, 2.45) is 5.73 Å². The van der Waals surface area contributed by atoms with E-state index in [9.17, 15) is 8.42 Å². The fraction of sp³-hybridized carbons (Fsp3) is 0.467. The normalized spacial score (nSPS) is 17.6. The third-order valence-electron chi connectivity index (χ3n) is 3.54. The maximum Gasteiger partial charge on any atom is 0.217 e. The van der Waals surface area contributed by atoms with E-state index in [0.29, 0.717) is 19.6 Å². The van der Waals surface area contributed by atoms with Crippen LogP contribution in [-0.4, -0.2) is 31.6 Å². The predicted molar refractivity (Wildman–Crippen MR) is 82.6 cm³/mol. The lowest BCUT2D eigenvalue weighted by molar-refractivity contribution is 0.348. The van der Waals surface area contributed by atoms with Gasteiger partial charge in [-0.2, -0.15) is 0 Å². The Morgan fingerprint density at radius 1 is 1.10 bits per heavy atom. The van der Waals surface area contributed by atoms with Crippen molar-refractivity contribution in [3.63, 3.8) is 0 Å². The highest BCUT2D eigenvalue weighted by Gasteiger charge is 2.22. The van der Waals surface area contributed by atoms with Crippen LogP contribution < -0.4 is 5.73 Å². The van der Waals surface area contributed by atoms with Crippen molar-refractivity contribution in [3.8, 4) is 0 Å². The van der Waals surface area contributed by atoms with Crippen LogP contribution in [0.15, 0.2) is 30.3 Å². The molecule has 1 aromatic rings. The van der Waals surface area contributed by atoms with Crippen molar-refractivity contribution >= 4 is 16.1 Å². The fourth-order valence-electron chi connectivity index (χ4n) is 2.32. The first-order chi connectivity index (χ1) is 9.62. The van der Waals surface area contributed by atoms with E-state index in [1.54, 1.807) is 10.4 Å². The minimum atomic E-state index is -3.14. The van der Waals surface area contributed by atoms with Gasteiger partial charge < -0.3 is 5.73 Å². The van der Waals surface area contributed by atoms with Crippen LogP contribution in [0.4, 0.5) is 0 Å². The van der Waals surface area contributed by atoms with Crippen molar-refractivity contribution in [2.45, 2.75) is 25.8 Å². The van der Waals surface area contributed by atoms with Crippen LogP contribution in [-0.2, 0) is 16.6 Å². The van der Waals surface area contributed by atoms with Gasteiger partial charge in [-0.1, -0.05) is 42.8 Å². The third-order valence-corrected chi connectivity index (χ3v) is 5.31. The fourth-order valence-corrected chi connectivity index (χ4v) is 3.68. The van der Waals surface area contributed by atoms with E-state index in [4.69, 9.17) is 5.73 Å². The lowest BCUT2D eigenvalue weighted by Crippen LogP contribution is -2.36. The molecule has 0 unspecified atom stereocenters. The first-order valence-corrected chi connectivity index (χ1v) is 8.66. The van der Waals surface area contributed by atoms with Gasteiger partial charge >= 0.3 is 0 Å². The molecule has 20 heavy (non-hydrogen) atoms. The molecule has 1 saturated heterocycles. The summed E-state index contributed by atoms with van der Waals surface area (Å²) in [5.74, 6) is 0.0750. The van der Waals surface area contributed by atoms with E-state index in [2.05, 4.69) is 0 Å². The largest absolute Gasteiger partial charge is 0.326 e. The van der Waals surface area contributed by atoms with E-state index in [-0.39, 0.29) is 5.75 Å². The molecule has 110 valence electrons. The molecule has 0 amide bonds. The van der Waals surface area contributed by atoms with Gasteiger partial charge in [-0.3, -0.25) is 0 Å². The van der Waals surface area contributed by atoms with Gasteiger partial charge in [0.15, 0.2) is 0 Å². The summed E-state index contributed by atoms with van der Waals surface area (Å²) in [7, 11) is -3.14. The zero-order valence-electron chi connectivity index (χ0n) is 11.7. The van der Waals surface area contributed by atoms with Crippen LogP contribution in [0.5, 0.6) is 0 Å². The summed E-state index contributed by atoms with van der Waals surface area (Å²) in [6.07, 6.45) is 6.66. The summed E-state index contributed by atoms with van der Waals surface area (Å²) in [4.78, 5) is 0. The van der Waals surface area contributed by atoms with Gasteiger partial charge in [-0.15, -0.1) is 0 Å². The Kier molecular flexibility index (Phi) is 5.34. The van der Waals surface area contributed by atoms with Crippen molar-refractivity contribution < 1.29 is 8.42 Å². The Hall–Kier alpha value is -1.17. The highest BCUT2D eigenvalue weighted by Crippen LogP contribution is 2.14. The molecule has 0 radical (unpaired) electrons. The van der Waals surface area contributed by atoms with Crippen molar-refractivity contribution in [2.75, 3.05) is 18.8 Å². The Morgan fingerprint density at radius 3 is 2.35 bits per heavy atom. The molecule has 1 aromatic carbocycles. The summed E-state index contributed by atoms with van der Waals surface area (Å²) >= 11 is 0. The maximum absolute atomic E-state index is 12.1. The Morgan fingerprint density at radius 2 is 1.75 bits per heavy atom. The Labute approximate surface area is 121 Å². The number of rotatable bonds is 5. The Balaban J connectivity index is 1.94. The molecule has 0 bridgehead atoms. The molecule has 0 aromatic heterocycles. The number of piperidine rings is 1. The lowest BCUT2D eigenvalue weighted by Gasteiger charge is -2.25. The summed E-state index contributed by atoms with van der Waals surface area (Å²) in [5, 5.41) is 0. The van der Waals surface area contributed by atoms with Crippen molar-refractivity contribution in [3.05, 3.63) is 41.5 Å². The molecular formula is C15H22N2O2S. The molecule has 0 saturated carbocycles. The molecule has 2 N–H and O–H groups in total. The minimum Gasteiger partial charge on any atom is -0.326 e. The highest BCUT2D eigenvalue weighted by molar-refractivity contribution is 7.89. The smallest absolute Gasteiger partial charge is 0.217 e. The quantitative estimate of drug-likeness (QED) is 0.903.